The van der Waals surface area contributed by atoms with E-state index in [1.54, 1.807) is 4.90 Å². The summed E-state index contributed by atoms with van der Waals surface area (Å²) in [7, 11) is 0. The van der Waals surface area contributed by atoms with Crippen molar-refractivity contribution in [2.45, 2.75) is 33.3 Å². The lowest BCUT2D eigenvalue weighted by molar-refractivity contribution is 0.0240. The summed E-state index contributed by atoms with van der Waals surface area (Å²) in [6, 6.07) is 2.07. The minimum atomic E-state index is -0.451. The average Bonchev–Trinajstić information content (AvgIpc) is 2.45. The minimum Gasteiger partial charge on any atom is -0.444 e. The highest BCUT2D eigenvalue weighted by molar-refractivity contribution is 5.68. The summed E-state index contributed by atoms with van der Waals surface area (Å²) in [4.78, 5) is 20.5. The second-order valence-corrected chi connectivity index (χ2v) is 6.56. The highest BCUT2D eigenvalue weighted by atomic mass is 16.6. The van der Waals surface area contributed by atoms with Crippen molar-refractivity contribution in [3.8, 4) is 0 Å². The number of aromatic nitrogens is 1. The number of rotatable bonds is 2. The van der Waals surface area contributed by atoms with Crippen molar-refractivity contribution in [2.75, 3.05) is 31.1 Å². The SMILES string of the molecule is C=Cc1cnc(N2CCN(C(=O)OC(C)(C)C)CC2)cc1C. The quantitative estimate of drug-likeness (QED) is 0.842. The van der Waals surface area contributed by atoms with Crippen LogP contribution in [0.1, 0.15) is 31.9 Å². The van der Waals surface area contributed by atoms with Gasteiger partial charge in [0.1, 0.15) is 11.4 Å². The summed E-state index contributed by atoms with van der Waals surface area (Å²) in [5, 5.41) is 0. The van der Waals surface area contributed by atoms with Crippen LogP contribution in [0, 0.1) is 6.92 Å². The minimum absolute atomic E-state index is 0.238. The summed E-state index contributed by atoms with van der Waals surface area (Å²) >= 11 is 0. The highest BCUT2D eigenvalue weighted by Crippen LogP contribution is 2.19. The molecule has 120 valence electrons. The van der Waals surface area contributed by atoms with E-state index in [2.05, 4.69) is 29.5 Å². The van der Waals surface area contributed by atoms with E-state index < -0.39 is 5.60 Å². The third kappa shape index (κ3) is 4.00. The number of carbonyl (C=O) groups excluding carboxylic acids is 1. The Morgan fingerprint density at radius 2 is 1.95 bits per heavy atom. The average molecular weight is 303 g/mol. The van der Waals surface area contributed by atoms with Crippen LogP contribution in [-0.2, 0) is 4.74 Å². The molecule has 0 N–H and O–H groups in total. The molecule has 0 unspecified atom stereocenters. The van der Waals surface area contributed by atoms with Crippen LogP contribution in [0.15, 0.2) is 18.8 Å². The molecule has 5 nitrogen and oxygen atoms in total. The zero-order valence-electron chi connectivity index (χ0n) is 13.9. The van der Waals surface area contributed by atoms with Gasteiger partial charge in [0.2, 0.25) is 0 Å². The topological polar surface area (TPSA) is 45.7 Å². The zero-order chi connectivity index (χ0) is 16.3. The van der Waals surface area contributed by atoms with Crippen LogP contribution in [0.3, 0.4) is 0 Å². The van der Waals surface area contributed by atoms with Crippen LogP contribution in [0.5, 0.6) is 0 Å². The number of aryl methyl sites for hydroxylation is 1. The maximum absolute atomic E-state index is 12.1. The largest absolute Gasteiger partial charge is 0.444 e. The van der Waals surface area contributed by atoms with Crippen molar-refractivity contribution in [2.24, 2.45) is 0 Å². The molecule has 1 fully saturated rings. The van der Waals surface area contributed by atoms with E-state index in [4.69, 9.17) is 4.74 Å². The lowest BCUT2D eigenvalue weighted by Crippen LogP contribution is -2.50. The summed E-state index contributed by atoms with van der Waals surface area (Å²) in [5.74, 6) is 0.951. The van der Waals surface area contributed by atoms with Crippen LogP contribution < -0.4 is 4.90 Å². The molecule has 0 aromatic carbocycles. The highest BCUT2D eigenvalue weighted by Gasteiger charge is 2.26. The zero-order valence-corrected chi connectivity index (χ0v) is 13.9. The van der Waals surface area contributed by atoms with Gasteiger partial charge in [-0.2, -0.15) is 0 Å². The molecule has 1 aliphatic rings. The Morgan fingerprint density at radius 1 is 1.32 bits per heavy atom. The number of anilines is 1. The number of ether oxygens (including phenoxy) is 1. The van der Waals surface area contributed by atoms with Gasteiger partial charge in [-0.3, -0.25) is 0 Å². The summed E-state index contributed by atoms with van der Waals surface area (Å²) in [5.41, 5.74) is 1.76. The van der Waals surface area contributed by atoms with E-state index in [0.717, 1.165) is 30.0 Å². The molecule has 0 aliphatic carbocycles. The van der Waals surface area contributed by atoms with Crippen LogP contribution >= 0.6 is 0 Å². The van der Waals surface area contributed by atoms with Crippen molar-refractivity contribution in [3.05, 3.63) is 30.0 Å². The molecule has 0 spiro atoms. The van der Waals surface area contributed by atoms with Gasteiger partial charge in [-0.15, -0.1) is 0 Å². The molecule has 1 aliphatic heterocycles. The Balaban J connectivity index is 1.96. The normalized spacial score (nSPS) is 15.6. The number of pyridine rings is 1. The van der Waals surface area contributed by atoms with E-state index >= 15 is 0 Å². The maximum atomic E-state index is 12.1. The van der Waals surface area contributed by atoms with Gasteiger partial charge < -0.3 is 14.5 Å². The number of hydrogen-bond donors (Lipinski definition) is 0. The fourth-order valence-electron chi connectivity index (χ4n) is 2.38. The Hall–Kier alpha value is -2.04. The van der Waals surface area contributed by atoms with E-state index in [0.29, 0.717) is 13.1 Å². The van der Waals surface area contributed by atoms with Crippen LogP contribution in [0.25, 0.3) is 6.08 Å². The molecule has 1 amide bonds. The molecule has 1 aromatic rings. The van der Waals surface area contributed by atoms with E-state index in [1.165, 1.54) is 0 Å². The monoisotopic (exact) mass is 303 g/mol. The van der Waals surface area contributed by atoms with Crippen molar-refractivity contribution in [1.82, 2.24) is 9.88 Å². The van der Waals surface area contributed by atoms with Crippen LogP contribution in [0.4, 0.5) is 10.6 Å². The fourth-order valence-corrected chi connectivity index (χ4v) is 2.38. The first-order valence-corrected chi connectivity index (χ1v) is 7.62. The molecule has 2 heterocycles. The first-order valence-electron chi connectivity index (χ1n) is 7.62. The second-order valence-electron chi connectivity index (χ2n) is 6.56. The van der Waals surface area contributed by atoms with Crippen molar-refractivity contribution >= 4 is 18.0 Å². The smallest absolute Gasteiger partial charge is 0.410 e. The third-order valence-corrected chi connectivity index (χ3v) is 3.61. The van der Waals surface area contributed by atoms with Gasteiger partial charge in [-0.05, 0) is 44.9 Å². The van der Waals surface area contributed by atoms with Crippen LogP contribution in [0.2, 0.25) is 0 Å². The maximum Gasteiger partial charge on any atom is 0.410 e. The van der Waals surface area contributed by atoms with E-state index in [9.17, 15) is 4.79 Å². The Morgan fingerprint density at radius 3 is 2.45 bits per heavy atom. The summed E-state index contributed by atoms with van der Waals surface area (Å²) < 4.78 is 5.41. The van der Waals surface area contributed by atoms with Gasteiger partial charge in [-0.1, -0.05) is 12.7 Å². The Labute approximate surface area is 132 Å². The van der Waals surface area contributed by atoms with E-state index in [1.807, 2.05) is 33.0 Å². The van der Waals surface area contributed by atoms with Gasteiger partial charge in [-0.25, -0.2) is 9.78 Å². The van der Waals surface area contributed by atoms with E-state index in [-0.39, 0.29) is 6.09 Å². The molecule has 22 heavy (non-hydrogen) atoms. The number of amides is 1. The van der Waals surface area contributed by atoms with Crippen molar-refractivity contribution < 1.29 is 9.53 Å². The molecule has 5 heteroatoms. The summed E-state index contributed by atoms with van der Waals surface area (Å²) in [6.07, 6.45) is 3.42. The Kier molecular flexibility index (Phi) is 4.74. The molecule has 1 saturated heterocycles. The van der Waals surface area contributed by atoms with Gasteiger partial charge >= 0.3 is 6.09 Å². The molecule has 0 bridgehead atoms. The predicted octanol–water partition coefficient (Wildman–Crippen LogP) is 3.09. The first-order chi connectivity index (χ1) is 10.3. The molecule has 2 rings (SSSR count). The number of carbonyl (C=O) groups is 1. The molecule has 0 atom stereocenters. The van der Waals surface area contributed by atoms with Gasteiger partial charge in [0, 0.05) is 32.4 Å². The molecular weight excluding hydrogens is 278 g/mol. The number of piperazine rings is 1. The van der Waals surface area contributed by atoms with Crippen molar-refractivity contribution in [3.63, 3.8) is 0 Å². The fraction of sp³-hybridized carbons (Fsp3) is 0.529. The van der Waals surface area contributed by atoms with Gasteiger partial charge in [0.15, 0.2) is 0 Å². The first kappa shape index (κ1) is 16.3. The van der Waals surface area contributed by atoms with Gasteiger partial charge in [0.05, 0.1) is 0 Å². The number of nitrogens with zero attached hydrogens (tertiary/aromatic N) is 3. The molecular formula is C17H25N3O2. The van der Waals surface area contributed by atoms with Crippen LogP contribution in [-0.4, -0.2) is 47.8 Å². The number of hydrogen-bond acceptors (Lipinski definition) is 4. The molecule has 1 aromatic heterocycles. The predicted molar refractivity (Wildman–Crippen MR) is 89.1 cm³/mol. The Bertz CT molecular complexity index is 556. The lowest BCUT2D eigenvalue weighted by Gasteiger charge is -2.36. The lowest BCUT2D eigenvalue weighted by atomic mass is 10.1. The molecule has 0 radical (unpaired) electrons. The second kappa shape index (κ2) is 6.38. The molecule has 0 saturated carbocycles. The van der Waals surface area contributed by atoms with Crippen molar-refractivity contribution in [1.29, 1.82) is 0 Å². The summed E-state index contributed by atoms with van der Waals surface area (Å²) in [6.45, 7) is 14.3. The third-order valence-electron chi connectivity index (χ3n) is 3.61. The van der Waals surface area contributed by atoms with Gasteiger partial charge in [0.25, 0.3) is 0 Å². The standard InChI is InChI=1S/C17H25N3O2/c1-6-14-12-18-15(11-13(14)2)19-7-9-20(10-8-19)16(21)22-17(3,4)5/h6,11-12H,1,7-10H2,2-5H3.